The summed E-state index contributed by atoms with van der Waals surface area (Å²) in [5, 5.41) is 1.13. The fourth-order valence-corrected chi connectivity index (χ4v) is 5.47. The first-order chi connectivity index (χ1) is 16.1. The summed E-state index contributed by atoms with van der Waals surface area (Å²) < 4.78 is 8.68. The van der Waals surface area contributed by atoms with Gasteiger partial charge in [-0.05, 0) is 93.3 Å². The summed E-state index contributed by atoms with van der Waals surface area (Å²) in [5.41, 5.74) is 4.70. The maximum Gasteiger partial charge on any atom is 0.306 e. The van der Waals surface area contributed by atoms with Gasteiger partial charge >= 0.3 is 5.97 Å². The van der Waals surface area contributed by atoms with Gasteiger partial charge in [0, 0.05) is 29.1 Å². The zero-order valence-corrected chi connectivity index (χ0v) is 21.9. The Balaban J connectivity index is 1.44. The molecular formula is C28H31BrN2O3. The minimum atomic E-state index is -0.450. The average molecular weight is 523 g/mol. The molecule has 1 aromatic heterocycles. The molecule has 2 aromatic carbocycles. The van der Waals surface area contributed by atoms with Crippen LogP contribution in [0.1, 0.15) is 61.6 Å². The van der Waals surface area contributed by atoms with E-state index in [-0.39, 0.29) is 17.3 Å². The van der Waals surface area contributed by atoms with Crippen LogP contribution in [0.3, 0.4) is 0 Å². The van der Waals surface area contributed by atoms with Gasteiger partial charge in [-0.25, -0.2) is 0 Å². The fourth-order valence-electron chi connectivity index (χ4n) is 5.11. The molecule has 0 N–H and O–H groups in total. The average Bonchev–Trinajstić information content (AvgIpc) is 3.41. The second kappa shape index (κ2) is 8.26. The largest absolute Gasteiger partial charge is 0.460 e. The smallest absolute Gasteiger partial charge is 0.306 e. The van der Waals surface area contributed by atoms with E-state index in [1.165, 1.54) is 5.56 Å². The van der Waals surface area contributed by atoms with Crippen LogP contribution in [0.25, 0.3) is 16.6 Å². The Morgan fingerprint density at radius 2 is 1.82 bits per heavy atom. The van der Waals surface area contributed by atoms with E-state index in [4.69, 9.17) is 4.74 Å². The van der Waals surface area contributed by atoms with Gasteiger partial charge < -0.3 is 14.2 Å². The molecule has 5 rings (SSSR count). The van der Waals surface area contributed by atoms with Crippen molar-refractivity contribution >= 4 is 38.7 Å². The van der Waals surface area contributed by atoms with Crippen molar-refractivity contribution in [1.82, 2.24) is 9.47 Å². The zero-order chi connectivity index (χ0) is 24.3. The van der Waals surface area contributed by atoms with Crippen LogP contribution in [0.2, 0.25) is 0 Å². The van der Waals surface area contributed by atoms with E-state index in [1.807, 2.05) is 33.9 Å². The first kappa shape index (κ1) is 23.2. The third-order valence-corrected chi connectivity index (χ3v) is 7.44. The molecule has 34 heavy (non-hydrogen) atoms. The molecule has 2 heterocycles. The van der Waals surface area contributed by atoms with Gasteiger partial charge in [0.1, 0.15) is 11.3 Å². The minimum absolute atomic E-state index is 0.0219. The third kappa shape index (κ3) is 4.40. The summed E-state index contributed by atoms with van der Waals surface area (Å²) in [4.78, 5) is 27.4. The lowest BCUT2D eigenvalue weighted by molar-refractivity contribution is -0.156. The Morgan fingerprint density at radius 1 is 1.12 bits per heavy atom. The predicted octanol–water partition coefficient (Wildman–Crippen LogP) is 6.08. The molecule has 0 saturated heterocycles. The maximum absolute atomic E-state index is 13.2. The highest BCUT2D eigenvalue weighted by Crippen LogP contribution is 2.51. The van der Waals surface area contributed by atoms with Gasteiger partial charge in [-0.1, -0.05) is 28.1 Å². The number of amides is 1. The van der Waals surface area contributed by atoms with Crippen LogP contribution in [0.5, 0.6) is 0 Å². The molecule has 0 unspecified atom stereocenters. The highest BCUT2D eigenvalue weighted by atomic mass is 79.9. The molecule has 0 bridgehead atoms. The second-order valence-electron chi connectivity index (χ2n) is 10.9. The Bertz CT molecular complexity index is 1280. The summed E-state index contributed by atoms with van der Waals surface area (Å²) in [5.74, 6) is -0.0483. The SMILES string of the molecule is CN1CCc2c(n(-c3ccc(CC4(CC(=O)OC(C)(C)C)CC4)cc3)c3ccc(Br)cc23)C1=O. The lowest BCUT2D eigenvalue weighted by Gasteiger charge is -2.24. The summed E-state index contributed by atoms with van der Waals surface area (Å²) >= 11 is 3.59. The standard InChI is InChI=1S/C28H31BrN2O3/c1-27(2,3)34-24(32)17-28(12-13-28)16-18-5-8-20(9-6-18)31-23-10-7-19(29)15-22(23)21-11-14-30(4)26(33)25(21)31/h5-10,15H,11-14,16-17H2,1-4H3. The number of ether oxygens (including phenoxy) is 1. The topological polar surface area (TPSA) is 51.5 Å². The Kier molecular flexibility index (Phi) is 5.63. The van der Waals surface area contributed by atoms with Gasteiger partial charge in [-0.3, -0.25) is 9.59 Å². The van der Waals surface area contributed by atoms with Gasteiger partial charge in [0.25, 0.3) is 5.91 Å². The van der Waals surface area contributed by atoms with Gasteiger partial charge in [-0.15, -0.1) is 0 Å². The van der Waals surface area contributed by atoms with Gasteiger partial charge in [0.2, 0.25) is 0 Å². The van der Waals surface area contributed by atoms with Crippen molar-refractivity contribution in [1.29, 1.82) is 0 Å². The minimum Gasteiger partial charge on any atom is -0.460 e. The van der Waals surface area contributed by atoms with Gasteiger partial charge in [0.15, 0.2) is 0 Å². The molecule has 0 spiro atoms. The highest BCUT2D eigenvalue weighted by Gasteiger charge is 2.45. The van der Waals surface area contributed by atoms with E-state index in [2.05, 4.69) is 56.9 Å². The van der Waals surface area contributed by atoms with Crippen molar-refractivity contribution in [2.24, 2.45) is 5.41 Å². The van der Waals surface area contributed by atoms with Crippen molar-refractivity contribution in [2.75, 3.05) is 13.6 Å². The van der Waals surface area contributed by atoms with E-state index in [9.17, 15) is 9.59 Å². The summed E-state index contributed by atoms with van der Waals surface area (Å²) in [6.45, 7) is 6.46. The second-order valence-corrected chi connectivity index (χ2v) is 11.8. The lowest BCUT2D eigenvalue weighted by atomic mass is 9.93. The number of esters is 1. The summed E-state index contributed by atoms with van der Waals surface area (Å²) in [7, 11) is 1.87. The van der Waals surface area contributed by atoms with E-state index in [0.717, 1.165) is 64.5 Å². The van der Waals surface area contributed by atoms with Crippen LogP contribution >= 0.6 is 15.9 Å². The number of hydrogen-bond acceptors (Lipinski definition) is 3. The van der Waals surface area contributed by atoms with Crippen LogP contribution in [0, 0.1) is 5.41 Å². The van der Waals surface area contributed by atoms with Gasteiger partial charge in [-0.2, -0.15) is 0 Å². The molecule has 1 aliphatic carbocycles. The van der Waals surface area contributed by atoms with E-state index < -0.39 is 5.60 Å². The molecule has 1 amide bonds. The summed E-state index contributed by atoms with van der Waals surface area (Å²) in [6.07, 6.45) is 4.30. The Labute approximate surface area is 209 Å². The van der Waals surface area contributed by atoms with Crippen LogP contribution < -0.4 is 0 Å². The number of nitrogens with zero attached hydrogens (tertiary/aromatic N) is 2. The van der Waals surface area contributed by atoms with Crippen LogP contribution in [-0.2, 0) is 22.4 Å². The number of halogens is 1. The molecule has 178 valence electrons. The van der Waals surface area contributed by atoms with Crippen molar-refractivity contribution < 1.29 is 14.3 Å². The molecular weight excluding hydrogens is 492 g/mol. The predicted molar refractivity (Wildman–Crippen MR) is 137 cm³/mol. The molecule has 1 aliphatic heterocycles. The molecule has 6 heteroatoms. The number of hydrogen-bond donors (Lipinski definition) is 0. The number of fused-ring (bicyclic) bond motifs is 3. The van der Waals surface area contributed by atoms with Crippen LogP contribution in [0.15, 0.2) is 46.9 Å². The fraction of sp³-hybridized carbons (Fsp3) is 0.429. The maximum atomic E-state index is 13.2. The molecule has 2 aliphatic rings. The number of rotatable bonds is 5. The highest BCUT2D eigenvalue weighted by molar-refractivity contribution is 9.10. The number of benzene rings is 2. The van der Waals surface area contributed by atoms with E-state index in [1.54, 1.807) is 4.90 Å². The number of aromatic nitrogens is 1. The monoisotopic (exact) mass is 522 g/mol. The Hall–Kier alpha value is -2.60. The summed E-state index contributed by atoms with van der Waals surface area (Å²) in [6, 6.07) is 14.7. The molecule has 0 atom stereocenters. The normalized spacial score (nSPS) is 17.1. The van der Waals surface area contributed by atoms with Crippen LogP contribution in [-0.4, -0.2) is 40.5 Å². The number of likely N-dealkylation sites (N-methyl/N-ethyl adjacent to an activating group) is 1. The zero-order valence-electron chi connectivity index (χ0n) is 20.3. The molecule has 0 radical (unpaired) electrons. The quantitative estimate of drug-likeness (QED) is 0.381. The number of carbonyl (C=O) groups excluding carboxylic acids is 2. The molecule has 1 saturated carbocycles. The molecule has 3 aromatic rings. The third-order valence-electron chi connectivity index (χ3n) is 6.95. The van der Waals surface area contributed by atoms with Gasteiger partial charge in [0.05, 0.1) is 11.9 Å². The molecule has 5 nitrogen and oxygen atoms in total. The van der Waals surface area contributed by atoms with E-state index >= 15 is 0 Å². The Morgan fingerprint density at radius 3 is 2.47 bits per heavy atom. The number of carbonyl (C=O) groups is 2. The van der Waals surface area contributed by atoms with Crippen molar-refractivity contribution in [3.8, 4) is 5.69 Å². The van der Waals surface area contributed by atoms with E-state index in [0.29, 0.717) is 6.42 Å². The first-order valence-electron chi connectivity index (χ1n) is 11.9. The van der Waals surface area contributed by atoms with Crippen LogP contribution in [0.4, 0.5) is 0 Å². The molecule has 1 fully saturated rings. The first-order valence-corrected chi connectivity index (χ1v) is 12.7. The van der Waals surface area contributed by atoms with Crippen molar-refractivity contribution in [3.63, 3.8) is 0 Å². The van der Waals surface area contributed by atoms with Crippen molar-refractivity contribution in [3.05, 3.63) is 63.8 Å². The lowest BCUT2D eigenvalue weighted by Crippen LogP contribution is -2.35. The van der Waals surface area contributed by atoms with Crippen molar-refractivity contribution in [2.45, 2.75) is 58.5 Å².